The molecule has 5 nitrogen and oxygen atoms in total. The van der Waals surface area contributed by atoms with Crippen molar-refractivity contribution in [1.82, 2.24) is 9.88 Å². The Labute approximate surface area is 94.2 Å². The summed E-state index contributed by atoms with van der Waals surface area (Å²) in [5.41, 5.74) is 6.70. The molecule has 1 aromatic heterocycles. The van der Waals surface area contributed by atoms with E-state index in [-0.39, 0.29) is 5.91 Å². The minimum absolute atomic E-state index is 0.0592. The number of ether oxygens (including phenoxy) is 1. The van der Waals surface area contributed by atoms with Crippen molar-refractivity contribution >= 4 is 11.6 Å². The van der Waals surface area contributed by atoms with Crippen LogP contribution < -0.4 is 5.73 Å². The van der Waals surface area contributed by atoms with Crippen molar-refractivity contribution in [3.63, 3.8) is 0 Å². The zero-order chi connectivity index (χ0) is 11.4. The first-order valence-corrected chi connectivity index (χ1v) is 5.35. The number of hydrogen-bond acceptors (Lipinski definition) is 4. The zero-order valence-corrected chi connectivity index (χ0v) is 9.06. The summed E-state index contributed by atoms with van der Waals surface area (Å²) in [6.45, 7) is 2.64. The van der Waals surface area contributed by atoms with Gasteiger partial charge in [0.25, 0.3) is 5.91 Å². The molecule has 0 aliphatic carbocycles. The fourth-order valence-electron chi connectivity index (χ4n) is 1.70. The summed E-state index contributed by atoms with van der Waals surface area (Å²) in [7, 11) is 0. The van der Waals surface area contributed by atoms with Crippen molar-refractivity contribution in [3.05, 3.63) is 24.0 Å². The lowest BCUT2D eigenvalue weighted by atomic mass is 10.2. The van der Waals surface area contributed by atoms with Gasteiger partial charge in [0.15, 0.2) is 0 Å². The first kappa shape index (κ1) is 10.9. The molecule has 0 atom stereocenters. The lowest BCUT2D eigenvalue weighted by molar-refractivity contribution is 0.0742. The van der Waals surface area contributed by atoms with Gasteiger partial charge in [-0.3, -0.25) is 9.78 Å². The van der Waals surface area contributed by atoms with Crippen LogP contribution >= 0.6 is 0 Å². The summed E-state index contributed by atoms with van der Waals surface area (Å²) in [5, 5.41) is 0. The Bertz CT molecular complexity index is 373. The van der Waals surface area contributed by atoms with E-state index in [2.05, 4.69) is 4.98 Å². The number of rotatable bonds is 1. The molecule has 0 bridgehead atoms. The van der Waals surface area contributed by atoms with Crippen LogP contribution in [0.25, 0.3) is 0 Å². The molecule has 2 heterocycles. The van der Waals surface area contributed by atoms with Crippen molar-refractivity contribution in [1.29, 1.82) is 0 Å². The minimum atomic E-state index is -0.0592. The molecule has 2 rings (SSSR count). The molecule has 0 unspecified atom stereocenters. The van der Waals surface area contributed by atoms with E-state index in [1.807, 2.05) is 0 Å². The van der Waals surface area contributed by atoms with E-state index >= 15 is 0 Å². The summed E-state index contributed by atoms with van der Waals surface area (Å²) in [6.07, 6.45) is 3.97. The smallest absolute Gasteiger partial charge is 0.257 e. The molecule has 0 radical (unpaired) electrons. The fraction of sp³-hybridized carbons (Fsp3) is 0.455. The minimum Gasteiger partial charge on any atom is -0.398 e. The summed E-state index contributed by atoms with van der Waals surface area (Å²) in [5.74, 6) is -0.0592. The number of carbonyl (C=O) groups excluding carboxylic acids is 1. The standard InChI is InChI=1S/C11H15N3O2/c12-10-2-3-13-8-9(10)11(15)14-4-1-6-16-7-5-14/h2-3,8H,1,4-7H2,(H2,12,13). The van der Waals surface area contributed by atoms with Crippen molar-refractivity contribution in [3.8, 4) is 0 Å². The van der Waals surface area contributed by atoms with Gasteiger partial charge in [0, 0.05) is 37.8 Å². The first-order chi connectivity index (χ1) is 7.79. The Morgan fingerprint density at radius 3 is 3.12 bits per heavy atom. The van der Waals surface area contributed by atoms with Gasteiger partial charge in [-0.1, -0.05) is 0 Å². The molecule has 1 aliphatic heterocycles. The highest BCUT2D eigenvalue weighted by Crippen LogP contribution is 2.13. The Morgan fingerprint density at radius 2 is 2.31 bits per heavy atom. The quantitative estimate of drug-likeness (QED) is 0.751. The molecule has 1 saturated heterocycles. The maximum absolute atomic E-state index is 12.1. The van der Waals surface area contributed by atoms with E-state index < -0.39 is 0 Å². The fourth-order valence-corrected chi connectivity index (χ4v) is 1.70. The van der Waals surface area contributed by atoms with Crippen LogP contribution in [0.2, 0.25) is 0 Å². The molecule has 0 saturated carbocycles. The van der Waals surface area contributed by atoms with Crippen LogP contribution in [0.1, 0.15) is 16.8 Å². The third-order valence-corrected chi connectivity index (χ3v) is 2.59. The first-order valence-electron chi connectivity index (χ1n) is 5.35. The number of aromatic nitrogens is 1. The predicted octanol–water partition coefficient (Wildman–Crippen LogP) is 0.526. The van der Waals surface area contributed by atoms with Crippen molar-refractivity contribution in [2.45, 2.75) is 6.42 Å². The molecule has 1 aliphatic rings. The number of nitrogen functional groups attached to an aromatic ring is 1. The highest BCUT2D eigenvalue weighted by atomic mass is 16.5. The molecule has 1 amide bonds. The van der Waals surface area contributed by atoms with Gasteiger partial charge in [0.2, 0.25) is 0 Å². The molecule has 2 N–H and O–H groups in total. The van der Waals surface area contributed by atoms with Gasteiger partial charge < -0.3 is 15.4 Å². The van der Waals surface area contributed by atoms with Crippen LogP contribution in [0.15, 0.2) is 18.5 Å². The Morgan fingerprint density at radius 1 is 1.44 bits per heavy atom. The number of anilines is 1. The van der Waals surface area contributed by atoms with E-state index in [9.17, 15) is 4.79 Å². The van der Waals surface area contributed by atoms with Gasteiger partial charge in [0.05, 0.1) is 12.2 Å². The third kappa shape index (κ3) is 2.30. The average molecular weight is 221 g/mol. The number of pyridine rings is 1. The molecular weight excluding hydrogens is 206 g/mol. The van der Waals surface area contributed by atoms with E-state index in [0.29, 0.717) is 37.6 Å². The van der Waals surface area contributed by atoms with Gasteiger partial charge in [0.1, 0.15) is 0 Å². The number of hydrogen-bond donors (Lipinski definition) is 1. The second kappa shape index (κ2) is 4.94. The molecule has 5 heteroatoms. The maximum atomic E-state index is 12.1. The lowest BCUT2D eigenvalue weighted by Crippen LogP contribution is -2.33. The van der Waals surface area contributed by atoms with Crippen LogP contribution in [-0.4, -0.2) is 42.1 Å². The van der Waals surface area contributed by atoms with Crippen molar-refractivity contribution < 1.29 is 9.53 Å². The Hall–Kier alpha value is -1.62. The van der Waals surface area contributed by atoms with Crippen molar-refractivity contribution in [2.75, 3.05) is 32.0 Å². The highest BCUT2D eigenvalue weighted by Gasteiger charge is 2.19. The van der Waals surface area contributed by atoms with Gasteiger partial charge in [-0.2, -0.15) is 0 Å². The van der Waals surface area contributed by atoms with Crippen LogP contribution in [0.3, 0.4) is 0 Å². The molecule has 1 fully saturated rings. The molecule has 0 spiro atoms. The van der Waals surface area contributed by atoms with Crippen molar-refractivity contribution in [2.24, 2.45) is 0 Å². The normalized spacial score (nSPS) is 16.9. The summed E-state index contributed by atoms with van der Waals surface area (Å²) >= 11 is 0. The third-order valence-electron chi connectivity index (χ3n) is 2.59. The molecule has 16 heavy (non-hydrogen) atoms. The monoisotopic (exact) mass is 221 g/mol. The number of nitrogens with two attached hydrogens (primary N) is 1. The van der Waals surface area contributed by atoms with Gasteiger partial charge in [-0.15, -0.1) is 0 Å². The summed E-state index contributed by atoms with van der Waals surface area (Å²) in [4.78, 5) is 17.8. The Kier molecular flexibility index (Phi) is 3.36. The largest absolute Gasteiger partial charge is 0.398 e. The number of amides is 1. The van der Waals surface area contributed by atoms with Gasteiger partial charge >= 0.3 is 0 Å². The average Bonchev–Trinajstić information content (AvgIpc) is 2.57. The predicted molar refractivity (Wildman–Crippen MR) is 60.0 cm³/mol. The van der Waals surface area contributed by atoms with E-state index in [1.165, 1.54) is 6.20 Å². The second-order valence-corrected chi connectivity index (χ2v) is 3.72. The van der Waals surface area contributed by atoms with Crippen LogP contribution in [0.4, 0.5) is 5.69 Å². The Balaban J connectivity index is 2.14. The second-order valence-electron chi connectivity index (χ2n) is 3.72. The molecule has 1 aromatic rings. The molecule has 0 aromatic carbocycles. The molecular formula is C11H15N3O2. The van der Waals surface area contributed by atoms with E-state index in [4.69, 9.17) is 10.5 Å². The summed E-state index contributed by atoms with van der Waals surface area (Å²) in [6, 6.07) is 1.64. The van der Waals surface area contributed by atoms with Crippen LogP contribution in [0.5, 0.6) is 0 Å². The van der Waals surface area contributed by atoms with Gasteiger partial charge in [-0.25, -0.2) is 0 Å². The zero-order valence-electron chi connectivity index (χ0n) is 9.06. The molecule has 86 valence electrons. The van der Waals surface area contributed by atoms with E-state index in [1.54, 1.807) is 17.2 Å². The maximum Gasteiger partial charge on any atom is 0.257 e. The SMILES string of the molecule is Nc1ccncc1C(=O)N1CCCOCC1. The highest BCUT2D eigenvalue weighted by molar-refractivity contribution is 5.98. The van der Waals surface area contributed by atoms with Crippen LogP contribution in [-0.2, 0) is 4.74 Å². The topological polar surface area (TPSA) is 68.5 Å². The number of carbonyl (C=O) groups is 1. The lowest BCUT2D eigenvalue weighted by Gasteiger charge is -2.20. The van der Waals surface area contributed by atoms with E-state index in [0.717, 1.165) is 6.42 Å². The summed E-state index contributed by atoms with van der Waals surface area (Å²) < 4.78 is 5.30. The van der Waals surface area contributed by atoms with Gasteiger partial charge in [-0.05, 0) is 12.5 Å². The number of nitrogens with zero attached hydrogens (tertiary/aromatic N) is 2. The van der Waals surface area contributed by atoms with Crippen LogP contribution in [0, 0.1) is 0 Å².